The minimum Gasteiger partial charge on any atom is -0.219 e. The minimum atomic E-state index is 0.655. The quantitative estimate of drug-likeness (QED) is 0.812. The van der Waals surface area contributed by atoms with Gasteiger partial charge < -0.3 is 0 Å². The van der Waals surface area contributed by atoms with Gasteiger partial charge in [0.1, 0.15) is 0 Å². The van der Waals surface area contributed by atoms with Crippen LogP contribution in [0, 0.1) is 0 Å². The number of benzene rings is 1. The number of halogens is 2. The molecular formula is C11H11BrClN3. The van der Waals surface area contributed by atoms with Gasteiger partial charge in [0.15, 0.2) is 0 Å². The summed E-state index contributed by atoms with van der Waals surface area (Å²) >= 11 is 9.12. The second-order valence-corrected chi connectivity index (χ2v) is 4.63. The lowest BCUT2D eigenvalue weighted by Crippen LogP contribution is -1.95. The molecule has 2 aromatic rings. The summed E-state index contributed by atoms with van der Waals surface area (Å²) in [5, 5.41) is 8.20. The van der Waals surface area contributed by atoms with Gasteiger partial charge in [-0.1, -0.05) is 17.3 Å². The van der Waals surface area contributed by atoms with E-state index < -0.39 is 0 Å². The van der Waals surface area contributed by atoms with Crippen LogP contribution in [0.2, 0.25) is 0 Å². The maximum Gasteiger partial charge on any atom is 0.0832 e. The fourth-order valence-electron chi connectivity index (χ4n) is 1.42. The Kier molecular flexibility index (Phi) is 3.96. The van der Waals surface area contributed by atoms with Gasteiger partial charge in [-0.2, -0.15) is 0 Å². The summed E-state index contributed by atoms with van der Waals surface area (Å²) in [6.45, 7) is 0. The Hall–Kier alpha value is -0.870. The van der Waals surface area contributed by atoms with Gasteiger partial charge in [-0.3, -0.25) is 0 Å². The Labute approximate surface area is 108 Å². The molecule has 1 aromatic carbocycles. The van der Waals surface area contributed by atoms with Crippen molar-refractivity contribution >= 4 is 27.5 Å². The number of aryl methyl sites for hydroxylation is 1. The number of aromatic nitrogens is 3. The highest BCUT2D eigenvalue weighted by Crippen LogP contribution is 2.19. The summed E-state index contributed by atoms with van der Waals surface area (Å²) < 4.78 is 2.77. The molecule has 0 saturated heterocycles. The predicted molar refractivity (Wildman–Crippen MR) is 68.1 cm³/mol. The second-order valence-electron chi connectivity index (χ2n) is 3.40. The molecule has 0 N–H and O–H groups in total. The van der Waals surface area contributed by atoms with Crippen LogP contribution in [0.1, 0.15) is 12.1 Å². The first kappa shape index (κ1) is 11.6. The Morgan fingerprint density at radius 1 is 1.31 bits per heavy atom. The maximum absolute atomic E-state index is 5.64. The van der Waals surface area contributed by atoms with Crippen LogP contribution in [0.4, 0.5) is 0 Å². The molecule has 0 saturated carbocycles. The monoisotopic (exact) mass is 299 g/mol. The molecule has 0 fully saturated rings. The third-order valence-electron chi connectivity index (χ3n) is 2.21. The van der Waals surface area contributed by atoms with Crippen LogP contribution in [-0.2, 0) is 6.42 Å². The molecule has 0 aliphatic rings. The van der Waals surface area contributed by atoms with E-state index in [1.54, 1.807) is 4.68 Å². The number of rotatable bonds is 4. The first-order chi connectivity index (χ1) is 7.81. The van der Waals surface area contributed by atoms with Gasteiger partial charge in [0.25, 0.3) is 0 Å². The van der Waals surface area contributed by atoms with E-state index in [1.165, 1.54) is 0 Å². The molecule has 3 nitrogen and oxygen atoms in total. The van der Waals surface area contributed by atoms with Crippen molar-refractivity contribution in [3.8, 4) is 5.69 Å². The molecule has 0 amide bonds. The van der Waals surface area contributed by atoms with Crippen molar-refractivity contribution < 1.29 is 0 Å². The molecule has 2 rings (SSSR count). The zero-order chi connectivity index (χ0) is 11.4. The average molecular weight is 301 g/mol. The number of hydrogen-bond acceptors (Lipinski definition) is 2. The van der Waals surface area contributed by atoms with E-state index in [-0.39, 0.29) is 0 Å². The van der Waals surface area contributed by atoms with E-state index >= 15 is 0 Å². The van der Waals surface area contributed by atoms with Crippen molar-refractivity contribution in [2.45, 2.75) is 12.8 Å². The summed E-state index contributed by atoms with van der Waals surface area (Å²) in [6.07, 6.45) is 3.73. The normalized spacial score (nSPS) is 10.6. The third-order valence-corrected chi connectivity index (χ3v) is 3.14. The minimum absolute atomic E-state index is 0.655. The molecule has 1 aromatic heterocycles. The molecule has 0 spiro atoms. The number of hydrogen-bond donors (Lipinski definition) is 0. The highest BCUT2D eigenvalue weighted by atomic mass is 79.9. The highest BCUT2D eigenvalue weighted by Gasteiger charge is 2.04. The topological polar surface area (TPSA) is 30.7 Å². The molecule has 0 radical (unpaired) electrons. The van der Waals surface area contributed by atoms with Crippen LogP contribution >= 0.6 is 27.5 Å². The summed E-state index contributed by atoms with van der Waals surface area (Å²) in [5.41, 5.74) is 1.96. The van der Waals surface area contributed by atoms with Crippen LogP contribution in [0.3, 0.4) is 0 Å². The van der Waals surface area contributed by atoms with E-state index in [0.717, 1.165) is 28.7 Å². The largest absolute Gasteiger partial charge is 0.219 e. The lowest BCUT2D eigenvalue weighted by atomic mass is 10.3. The number of alkyl halides is 1. The van der Waals surface area contributed by atoms with Crippen LogP contribution in [0.15, 0.2) is 34.9 Å². The highest BCUT2D eigenvalue weighted by molar-refractivity contribution is 9.10. The Morgan fingerprint density at radius 3 is 2.88 bits per heavy atom. The molecule has 0 atom stereocenters. The zero-order valence-electron chi connectivity index (χ0n) is 8.61. The second kappa shape index (κ2) is 5.46. The summed E-state index contributed by atoms with van der Waals surface area (Å²) in [6, 6.07) is 7.92. The molecule has 0 aliphatic heterocycles. The van der Waals surface area contributed by atoms with Crippen molar-refractivity contribution in [2.24, 2.45) is 0 Å². The number of para-hydroxylation sites is 1. The smallest absolute Gasteiger partial charge is 0.0832 e. The van der Waals surface area contributed by atoms with Crippen LogP contribution in [0.5, 0.6) is 0 Å². The Bertz CT molecular complexity index is 470. The fraction of sp³-hybridized carbons (Fsp3) is 0.273. The Morgan fingerprint density at radius 2 is 2.12 bits per heavy atom. The van der Waals surface area contributed by atoms with E-state index in [9.17, 15) is 0 Å². The van der Waals surface area contributed by atoms with Gasteiger partial charge >= 0.3 is 0 Å². The molecule has 84 valence electrons. The first-order valence-electron chi connectivity index (χ1n) is 5.03. The molecule has 0 aliphatic carbocycles. The van der Waals surface area contributed by atoms with E-state index in [2.05, 4.69) is 26.2 Å². The Balaban J connectivity index is 2.22. The molecule has 5 heteroatoms. The third kappa shape index (κ3) is 2.62. The van der Waals surface area contributed by atoms with Crippen LogP contribution in [-0.4, -0.2) is 20.9 Å². The lowest BCUT2D eigenvalue weighted by molar-refractivity contribution is 0.790. The van der Waals surface area contributed by atoms with Crippen molar-refractivity contribution in [3.05, 3.63) is 40.6 Å². The van der Waals surface area contributed by atoms with Gasteiger partial charge in [0.2, 0.25) is 0 Å². The summed E-state index contributed by atoms with van der Waals surface area (Å²) in [4.78, 5) is 0. The predicted octanol–water partition coefficient (Wildman–Crippen LogP) is 3.20. The van der Waals surface area contributed by atoms with E-state index in [1.807, 2.05) is 30.5 Å². The molecule has 1 heterocycles. The van der Waals surface area contributed by atoms with Gasteiger partial charge in [-0.25, -0.2) is 4.68 Å². The lowest BCUT2D eigenvalue weighted by Gasteiger charge is -2.01. The summed E-state index contributed by atoms with van der Waals surface area (Å²) in [5.74, 6) is 0.655. The van der Waals surface area contributed by atoms with E-state index in [4.69, 9.17) is 11.6 Å². The van der Waals surface area contributed by atoms with Crippen molar-refractivity contribution in [2.75, 3.05) is 5.88 Å². The number of nitrogens with zero attached hydrogens (tertiary/aromatic N) is 3. The zero-order valence-corrected chi connectivity index (χ0v) is 10.9. The van der Waals surface area contributed by atoms with Gasteiger partial charge in [0.05, 0.1) is 17.6 Å². The van der Waals surface area contributed by atoms with Gasteiger partial charge in [-0.05, 0) is 40.9 Å². The molecule has 16 heavy (non-hydrogen) atoms. The fourth-order valence-corrected chi connectivity index (χ4v) is 2.02. The molecule has 0 unspecified atom stereocenters. The van der Waals surface area contributed by atoms with Crippen molar-refractivity contribution in [3.63, 3.8) is 0 Å². The van der Waals surface area contributed by atoms with Gasteiger partial charge in [0, 0.05) is 10.4 Å². The standard InChI is InChI=1S/C11H11BrClN3/c12-10-5-1-2-6-11(10)16-8-9(14-15-16)4-3-7-13/h1-2,5-6,8H,3-4,7H2. The van der Waals surface area contributed by atoms with Crippen LogP contribution < -0.4 is 0 Å². The maximum atomic E-state index is 5.64. The summed E-state index contributed by atoms with van der Waals surface area (Å²) in [7, 11) is 0. The van der Waals surface area contributed by atoms with Gasteiger partial charge in [-0.15, -0.1) is 16.7 Å². The van der Waals surface area contributed by atoms with Crippen molar-refractivity contribution in [1.82, 2.24) is 15.0 Å². The SMILES string of the molecule is ClCCCc1cn(-c2ccccc2Br)nn1. The van der Waals surface area contributed by atoms with E-state index in [0.29, 0.717) is 5.88 Å². The van der Waals surface area contributed by atoms with Crippen molar-refractivity contribution in [1.29, 1.82) is 0 Å². The average Bonchev–Trinajstić information content (AvgIpc) is 2.75. The first-order valence-corrected chi connectivity index (χ1v) is 6.36. The molecule has 0 bridgehead atoms. The molecular weight excluding hydrogens is 289 g/mol. The van der Waals surface area contributed by atoms with Crippen LogP contribution in [0.25, 0.3) is 5.69 Å².